The van der Waals surface area contributed by atoms with Crippen LogP contribution in [0.3, 0.4) is 0 Å². The molecule has 0 spiro atoms. The van der Waals surface area contributed by atoms with Crippen LogP contribution in [0.4, 0.5) is 4.39 Å². The Labute approximate surface area is 94.9 Å². The standard InChI is InChI=1S/C13H14FNO/c1-10-6-7-12(9-13(10)14)5-3-4-8-15-11(2)16/h6-7,9H,4,8H2,1-2H3,(H,15,16). The maximum absolute atomic E-state index is 13.1. The molecule has 1 N–H and O–H groups in total. The predicted octanol–water partition coefficient (Wildman–Crippen LogP) is 2.01. The van der Waals surface area contributed by atoms with Gasteiger partial charge in [-0.15, -0.1) is 0 Å². The molecule has 3 heteroatoms. The third kappa shape index (κ3) is 4.14. The molecular weight excluding hydrogens is 205 g/mol. The van der Waals surface area contributed by atoms with E-state index in [1.165, 1.54) is 13.0 Å². The van der Waals surface area contributed by atoms with Crippen molar-refractivity contribution >= 4 is 5.91 Å². The number of nitrogens with one attached hydrogen (secondary N) is 1. The average Bonchev–Trinajstić information content (AvgIpc) is 2.22. The molecule has 2 nitrogen and oxygen atoms in total. The van der Waals surface area contributed by atoms with E-state index in [0.29, 0.717) is 24.1 Å². The second-order valence-electron chi connectivity index (χ2n) is 3.50. The summed E-state index contributed by atoms with van der Waals surface area (Å²) < 4.78 is 13.1. The molecule has 84 valence electrons. The molecule has 1 aromatic rings. The number of rotatable bonds is 2. The molecule has 0 unspecified atom stereocenters. The first-order valence-electron chi connectivity index (χ1n) is 5.09. The van der Waals surface area contributed by atoms with E-state index >= 15 is 0 Å². The highest BCUT2D eigenvalue weighted by Gasteiger charge is 1.96. The van der Waals surface area contributed by atoms with Crippen LogP contribution in [-0.2, 0) is 4.79 Å². The van der Waals surface area contributed by atoms with Crippen molar-refractivity contribution in [2.24, 2.45) is 0 Å². The normalized spacial score (nSPS) is 9.19. The van der Waals surface area contributed by atoms with Gasteiger partial charge in [0.2, 0.25) is 5.91 Å². The minimum absolute atomic E-state index is 0.0665. The lowest BCUT2D eigenvalue weighted by Crippen LogP contribution is -2.20. The predicted molar refractivity (Wildman–Crippen MR) is 61.3 cm³/mol. The summed E-state index contributed by atoms with van der Waals surface area (Å²) in [7, 11) is 0. The highest BCUT2D eigenvalue weighted by molar-refractivity contribution is 5.72. The third-order valence-electron chi connectivity index (χ3n) is 2.03. The number of benzene rings is 1. The summed E-state index contributed by atoms with van der Waals surface area (Å²) in [5.74, 6) is 5.41. The zero-order valence-electron chi connectivity index (χ0n) is 9.43. The van der Waals surface area contributed by atoms with Crippen molar-refractivity contribution in [2.45, 2.75) is 20.3 Å². The van der Waals surface area contributed by atoms with Crippen LogP contribution in [0.25, 0.3) is 0 Å². The van der Waals surface area contributed by atoms with Gasteiger partial charge < -0.3 is 5.32 Å². The molecule has 0 aliphatic carbocycles. The molecule has 1 aromatic carbocycles. The van der Waals surface area contributed by atoms with Crippen LogP contribution in [0.5, 0.6) is 0 Å². The molecule has 0 aliphatic rings. The van der Waals surface area contributed by atoms with Crippen molar-refractivity contribution in [1.82, 2.24) is 5.32 Å². The fourth-order valence-electron chi connectivity index (χ4n) is 1.14. The van der Waals surface area contributed by atoms with Gasteiger partial charge in [-0.05, 0) is 24.6 Å². The Morgan fingerprint density at radius 3 is 2.88 bits per heavy atom. The minimum atomic E-state index is -0.242. The second kappa shape index (κ2) is 5.92. The Morgan fingerprint density at radius 1 is 1.50 bits per heavy atom. The maximum Gasteiger partial charge on any atom is 0.216 e. The van der Waals surface area contributed by atoms with Gasteiger partial charge in [-0.3, -0.25) is 4.79 Å². The monoisotopic (exact) mass is 219 g/mol. The lowest BCUT2D eigenvalue weighted by Gasteiger charge is -1.96. The highest BCUT2D eigenvalue weighted by Crippen LogP contribution is 2.07. The molecule has 0 saturated carbocycles. The van der Waals surface area contributed by atoms with Crippen molar-refractivity contribution in [2.75, 3.05) is 6.54 Å². The van der Waals surface area contributed by atoms with E-state index in [9.17, 15) is 9.18 Å². The van der Waals surface area contributed by atoms with Crippen LogP contribution in [0.2, 0.25) is 0 Å². The number of halogens is 1. The molecule has 0 aliphatic heterocycles. The number of aryl methyl sites for hydroxylation is 1. The van der Waals surface area contributed by atoms with Gasteiger partial charge >= 0.3 is 0 Å². The zero-order valence-corrected chi connectivity index (χ0v) is 9.43. The van der Waals surface area contributed by atoms with Crippen LogP contribution in [0.15, 0.2) is 18.2 Å². The van der Waals surface area contributed by atoms with Gasteiger partial charge in [-0.2, -0.15) is 0 Å². The molecule has 0 heterocycles. The van der Waals surface area contributed by atoms with Crippen LogP contribution >= 0.6 is 0 Å². The van der Waals surface area contributed by atoms with Gasteiger partial charge in [0.15, 0.2) is 0 Å². The Morgan fingerprint density at radius 2 is 2.25 bits per heavy atom. The molecule has 0 aromatic heterocycles. The number of carbonyl (C=O) groups is 1. The van der Waals surface area contributed by atoms with Crippen LogP contribution in [0, 0.1) is 24.6 Å². The molecule has 0 atom stereocenters. The van der Waals surface area contributed by atoms with Crippen LogP contribution < -0.4 is 5.32 Å². The maximum atomic E-state index is 13.1. The SMILES string of the molecule is CC(=O)NCCC#Cc1ccc(C)c(F)c1. The summed E-state index contributed by atoms with van der Waals surface area (Å²) >= 11 is 0. The first-order valence-corrected chi connectivity index (χ1v) is 5.09. The molecular formula is C13H14FNO. The number of hydrogen-bond donors (Lipinski definition) is 1. The summed E-state index contributed by atoms with van der Waals surface area (Å²) in [6.45, 7) is 3.70. The quantitative estimate of drug-likeness (QED) is 0.598. The lowest BCUT2D eigenvalue weighted by atomic mass is 10.1. The fourth-order valence-corrected chi connectivity index (χ4v) is 1.14. The molecule has 0 bridgehead atoms. The molecule has 16 heavy (non-hydrogen) atoms. The van der Waals surface area contributed by atoms with E-state index in [-0.39, 0.29) is 11.7 Å². The van der Waals surface area contributed by atoms with E-state index in [0.717, 1.165) is 0 Å². The van der Waals surface area contributed by atoms with Gasteiger partial charge in [0.1, 0.15) is 5.82 Å². The van der Waals surface area contributed by atoms with Gasteiger partial charge in [0, 0.05) is 25.5 Å². The highest BCUT2D eigenvalue weighted by atomic mass is 19.1. The molecule has 0 radical (unpaired) electrons. The van der Waals surface area contributed by atoms with Crippen molar-refractivity contribution in [1.29, 1.82) is 0 Å². The summed E-state index contributed by atoms with van der Waals surface area (Å²) in [5, 5.41) is 2.64. The van der Waals surface area contributed by atoms with Gasteiger partial charge in [0.05, 0.1) is 0 Å². The van der Waals surface area contributed by atoms with Crippen molar-refractivity contribution in [3.05, 3.63) is 35.1 Å². The fraction of sp³-hybridized carbons (Fsp3) is 0.308. The van der Waals surface area contributed by atoms with Crippen molar-refractivity contribution in [3.8, 4) is 11.8 Å². The summed E-state index contributed by atoms with van der Waals surface area (Å²) in [5.41, 5.74) is 1.27. The summed E-state index contributed by atoms with van der Waals surface area (Å²) in [4.78, 5) is 10.6. The molecule has 1 amide bonds. The van der Waals surface area contributed by atoms with E-state index in [1.54, 1.807) is 19.1 Å². The molecule has 0 saturated heterocycles. The van der Waals surface area contributed by atoms with Gasteiger partial charge in [-0.1, -0.05) is 17.9 Å². The number of carbonyl (C=O) groups excluding carboxylic acids is 1. The first-order chi connectivity index (χ1) is 7.59. The average molecular weight is 219 g/mol. The summed E-state index contributed by atoms with van der Waals surface area (Å²) in [6, 6.07) is 4.90. The molecule has 0 fully saturated rings. The van der Waals surface area contributed by atoms with E-state index < -0.39 is 0 Å². The topological polar surface area (TPSA) is 29.1 Å². The van der Waals surface area contributed by atoms with E-state index in [1.807, 2.05) is 0 Å². The first kappa shape index (κ1) is 12.3. The van der Waals surface area contributed by atoms with E-state index in [4.69, 9.17) is 0 Å². The van der Waals surface area contributed by atoms with Crippen molar-refractivity contribution < 1.29 is 9.18 Å². The third-order valence-corrected chi connectivity index (χ3v) is 2.03. The Balaban J connectivity index is 2.50. The van der Waals surface area contributed by atoms with Crippen LogP contribution in [-0.4, -0.2) is 12.5 Å². The van der Waals surface area contributed by atoms with Gasteiger partial charge in [-0.25, -0.2) is 4.39 Å². The number of hydrogen-bond acceptors (Lipinski definition) is 1. The Bertz CT molecular complexity index is 443. The van der Waals surface area contributed by atoms with Gasteiger partial charge in [0.25, 0.3) is 0 Å². The Kier molecular flexibility index (Phi) is 4.53. The lowest BCUT2D eigenvalue weighted by molar-refractivity contribution is -0.118. The minimum Gasteiger partial charge on any atom is -0.355 e. The molecule has 1 rings (SSSR count). The summed E-state index contributed by atoms with van der Waals surface area (Å²) in [6.07, 6.45) is 0.565. The zero-order chi connectivity index (χ0) is 12.0. The largest absolute Gasteiger partial charge is 0.355 e. The smallest absolute Gasteiger partial charge is 0.216 e. The van der Waals surface area contributed by atoms with Crippen LogP contribution in [0.1, 0.15) is 24.5 Å². The Hall–Kier alpha value is -1.82. The second-order valence-corrected chi connectivity index (χ2v) is 3.50. The van der Waals surface area contributed by atoms with E-state index in [2.05, 4.69) is 17.2 Å². The number of amides is 1. The van der Waals surface area contributed by atoms with Crippen molar-refractivity contribution in [3.63, 3.8) is 0 Å².